The normalized spacial score (nSPS) is 42.6. The van der Waals surface area contributed by atoms with Crippen LogP contribution in [0.1, 0.15) is 66.2 Å². The van der Waals surface area contributed by atoms with Crippen LogP contribution in [0.5, 0.6) is 0 Å². The first-order valence-corrected chi connectivity index (χ1v) is 27.5. The van der Waals surface area contributed by atoms with E-state index in [1.54, 1.807) is 0 Å². The molecule has 0 aromatic rings. The van der Waals surface area contributed by atoms with Crippen molar-refractivity contribution in [2.45, 2.75) is 75.2 Å². The van der Waals surface area contributed by atoms with Crippen LogP contribution in [0.2, 0.25) is 8.94 Å². The first-order valence-electron chi connectivity index (χ1n) is 10.6. The molecule has 3 aliphatic rings. The second kappa shape index (κ2) is 10.4. The zero-order valence-electron chi connectivity index (χ0n) is 18.1. The van der Waals surface area contributed by atoms with Gasteiger partial charge in [-0.25, -0.2) is 0 Å². The molecule has 0 bridgehead atoms. The molecule has 0 aliphatic carbocycles. The summed E-state index contributed by atoms with van der Waals surface area (Å²) in [7, 11) is 3.87. The molecule has 3 heterocycles. The minimum absolute atomic E-state index is 0.104. The van der Waals surface area contributed by atoms with Crippen molar-refractivity contribution >= 4 is 66.1 Å². The fraction of sp³-hybridized carbons (Fsp3) is 1.00. The van der Waals surface area contributed by atoms with E-state index in [-0.39, 0.29) is 10.8 Å². The molecule has 29 heavy (non-hydrogen) atoms. The van der Waals surface area contributed by atoms with Crippen LogP contribution in [0, 0.1) is 10.8 Å². The van der Waals surface area contributed by atoms with Crippen LogP contribution in [0.3, 0.4) is 0 Å². The van der Waals surface area contributed by atoms with E-state index in [4.69, 9.17) is 41.7 Å². The van der Waals surface area contributed by atoms with E-state index in [2.05, 4.69) is 27.7 Å². The summed E-state index contributed by atoms with van der Waals surface area (Å²) in [5.41, 5.74) is -4.38. The van der Waals surface area contributed by atoms with Crippen molar-refractivity contribution < 1.29 is 18.1 Å². The summed E-state index contributed by atoms with van der Waals surface area (Å²) in [5.74, 6) is 0. The van der Waals surface area contributed by atoms with Crippen molar-refractivity contribution in [1.82, 2.24) is 0 Å². The second-order valence-electron chi connectivity index (χ2n) is 9.12. The molecule has 0 aromatic heterocycles. The van der Waals surface area contributed by atoms with Gasteiger partial charge in [0, 0.05) is 0 Å². The van der Waals surface area contributed by atoms with E-state index < -0.39 is 26.0 Å². The Morgan fingerprint density at radius 2 is 1.21 bits per heavy atom. The van der Waals surface area contributed by atoms with Gasteiger partial charge in [-0.15, -0.1) is 0 Å². The zero-order valence-corrected chi connectivity index (χ0v) is 25.4. The third kappa shape index (κ3) is 7.00. The fourth-order valence-corrected chi connectivity index (χ4v) is 84.1. The molecule has 11 heteroatoms. The van der Waals surface area contributed by atoms with Gasteiger partial charge < -0.3 is 0 Å². The molecular weight excluding hydrogens is 598 g/mol. The number of hydrogen-bond acceptors (Lipinski definition) is 7. The van der Waals surface area contributed by atoms with Gasteiger partial charge in [-0.2, -0.15) is 0 Å². The van der Waals surface area contributed by atoms with E-state index in [1.807, 2.05) is 16.4 Å². The monoisotopic (exact) mass is 636 g/mol. The van der Waals surface area contributed by atoms with Gasteiger partial charge in [-0.05, 0) is 0 Å². The zero-order chi connectivity index (χ0) is 21.2. The summed E-state index contributed by atoms with van der Waals surface area (Å²) >= 11 is 9.46. The summed E-state index contributed by atoms with van der Waals surface area (Å²) in [6.45, 7) is 11.8. The fourth-order valence-electron chi connectivity index (χ4n) is 3.92. The molecule has 0 N–H and O–H groups in total. The Balaban J connectivity index is 1.77. The van der Waals surface area contributed by atoms with E-state index in [1.165, 1.54) is 21.8 Å². The summed E-state index contributed by atoms with van der Waals surface area (Å²) in [6.07, 6.45) is 7.07. The maximum atomic E-state index is 6.31. The summed E-state index contributed by atoms with van der Waals surface area (Å²) in [4.78, 5) is 0. The van der Waals surface area contributed by atoms with Crippen molar-refractivity contribution in [2.75, 3.05) is 26.4 Å². The molecule has 4 nitrogen and oxygen atoms in total. The molecule has 0 aromatic carbocycles. The maximum absolute atomic E-state index is 6.31. The Labute approximate surface area is 195 Å². The van der Waals surface area contributed by atoms with Gasteiger partial charge >= 0.3 is 197 Å². The van der Waals surface area contributed by atoms with Crippen molar-refractivity contribution in [2.24, 2.45) is 10.8 Å². The average Bonchev–Trinajstić information content (AvgIpc) is 3.09. The molecule has 3 fully saturated rings. The Kier molecular flexibility index (Phi) is 9.37. The van der Waals surface area contributed by atoms with Gasteiger partial charge in [0.15, 0.2) is 0 Å². The Morgan fingerprint density at radius 1 is 0.793 bits per heavy atom. The summed E-state index contributed by atoms with van der Waals surface area (Å²) < 4.78 is 27.7. The third-order valence-electron chi connectivity index (χ3n) is 5.61. The SMILES string of the molecule is CCCC1(C)COP(=S)(S[Te]2(#SP3(=S)OCC(C)(CCC)CO3)CCCC2)OC1. The van der Waals surface area contributed by atoms with E-state index in [0.29, 0.717) is 0 Å². The quantitative estimate of drug-likeness (QED) is 0.225. The molecule has 3 rings (SSSR count). The Bertz CT molecular complexity index is 785. The predicted octanol–water partition coefficient (Wildman–Crippen LogP) is 7.84. The molecule has 0 amide bonds. The van der Waals surface area contributed by atoms with Gasteiger partial charge in [0.2, 0.25) is 0 Å². The van der Waals surface area contributed by atoms with Crippen LogP contribution in [0.4, 0.5) is 0 Å². The first-order chi connectivity index (χ1) is 13.6. The number of hydrogen-bond donors (Lipinski definition) is 0. The first kappa shape index (κ1) is 26.1. The van der Waals surface area contributed by atoms with E-state index in [9.17, 15) is 0 Å². The van der Waals surface area contributed by atoms with Crippen LogP contribution in [-0.2, 0) is 41.7 Å². The standard InChI is InChI=1S/C18H36O4P2S4Te/c1-5-9-17(3)13-19-23(25,20-14-17)27-29(11-7-8-12-29)28-24(26)21-15-18(4,10-6-2)16-22-24/h5-16H2,1-4H3. The van der Waals surface area contributed by atoms with Gasteiger partial charge in [0.1, 0.15) is 0 Å². The average molecular weight is 634 g/mol. The Morgan fingerprint density at radius 3 is 1.62 bits per heavy atom. The van der Waals surface area contributed by atoms with Crippen LogP contribution in [0.25, 0.3) is 0 Å². The van der Waals surface area contributed by atoms with E-state index in [0.717, 1.165) is 52.1 Å². The Hall–Kier alpha value is 2.50. The van der Waals surface area contributed by atoms with Crippen molar-refractivity contribution in [3.05, 3.63) is 0 Å². The van der Waals surface area contributed by atoms with Crippen molar-refractivity contribution in [1.29, 1.82) is 0 Å². The third-order valence-corrected chi connectivity index (χ3v) is 61.3. The van der Waals surface area contributed by atoms with Crippen molar-refractivity contribution in [3.8, 4) is 0 Å². The van der Waals surface area contributed by atoms with Crippen LogP contribution < -0.4 is 0 Å². The second-order valence-corrected chi connectivity index (χ2v) is 44.5. The molecule has 3 aliphatic heterocycles. The molecule has 0 atom stereocenters. The molecule has 172 valence electrons. The van der Waals surface area contributed by atoms with Crippen molar-refractivity contribution in [3.63, 3.8) is 0 Å². The molecule has 0 saturated carbocycles. The van der Waals surface area contributed by atoms with Gasteiger partial charge in [-0.1, -0.05) is 0 Å². The summed E-state index contributed by atoms with van der Waals surface area (Å²) in [5, 5.41) is 0. The van der Waals surface area contributed by atoms with Gasteiger partial charge in [0.25, 0.3) is 0 Å². The van der Waals surface area contributed by atoms with Crippen LogP contribution in [-0.4, -0.2) is 41.0 Å². The van der Waals surface area contributed by atoms with Crippen LogP contribution in [0.15, 0.2) is 0 Å². The minimum atomic E-state index is -2.51. The van der Waals surface area contributed by atoms with Gasteiger partial charge in [-0.3, -0.25) is 0 Å². The van der Waals surface area contributed by atoms with Crippen LogP contribution >= 0.6 is 27.8 Å². The molecule has 0 unspecified atom stereocenters. The molecule has 0 spiro atoms. The molecule has 0 radical (unpaired) electrons. The predicted molar refractivity (Wildman–Crippen MR) is 138 cm³/mol. The van der Waals surface area contributed by atoms with Gasteiger partial charge in [0.05, 0.1) is 0 Å². The number of rotatable bonds is 5. The van der Waals surface area contributed by atoms with E-state index >= 15 is 0 Å². The molecular formula is C18H36O4P2S4Te. The molecule has 3 saturated heterocycles. The summed E-state index contributed by atoms with van der Waals surface area (Å²) in [6, 6.07) is 0. The topological polar surface area (TPSA) is 36.9 Å².